The summed E-state index contributed by atoms with van der Waals surface area (Å²) in [5, 5.41) is 8.11. The van der Waals surface area contributed by atoms with Crippen LogP contribution in [0.2, 0.25) is 0 Å². The lowest BCUT2D eigenvalue weighted by atomic mass is 10.0. The SMILES string of the molecule is CC(CNC1CCCC1)c1ccsc1. The van der Waals surface area contributed by atoms with Crippen molar-refractivity contribution in [2.45, 2.75) is 44.6 Å². The van der Waals surface area contributed by atoms with E-state index in [1.165, 1.54) is 31.2 Å². The second kappa shape index (κ2) is 4.94. The lowest BCUT2D eigenvalue weighted by molar-refractivity contribution is 0.500. The topological polar surface area (TPSA) is 12.0 Å². The molecule has 0 amide bonds. The summed E-state index contributed by atoms with van der Waals surface area (Å²) in [4.78, 5) is 0. The van der Waals surface area contributed by atoms with Gasteiger partial charge in [-0.25, -0.2) is 0 Å². The molecule has 14 heavy (non-hydrogen) atoms. The zero-order chi connectivity index (χ0) is 9.80. The highest BCUT2D eigenvalue weighted by molar-refractivity contribution is 7.07. The maximum Gasteiger partial charge on any atom is 0.00673 e. The van der Waals surface area contributed by atoms with Gasteiger partial charge in [-0.2, -0.15) is 11.3 Å². The first-order chi connectivity index (χ1) is 6.86. The third kappa shape index (κ3) is 2.58. The number of rotatable bonds is 4. The lowest BCUT2D eigenvalue weighted by Crippen LogP contribution is -2.29. The van der Waals surface area contributed by atoms with Gasteiger partial charge in [0.1, 0.15) is 0 Å². The minimum atomic E-state index is 0.668. The molecule has 1 aliphatic carbocycles. The molecule has 1 heterocycles. The summed E-state index contributed by atoms with van der Waals surface area (Å²) < 4.78 is 0. The Morgan fingerprint density at radius 1 is 1.50 bits per heavy atom. The van der Waals surface area contributed by atoms with Gasteiger partial charge < -0.3 is 5.32 Å². The molecule has 0 radical (unpaired) electrons. The van der Waals surface area contributed by atoms with Crippen molar-refractivity contribution >= 4 is 11.3 Å². The Hall–Kier alpha value is -0.340. The van der Waals surface area contributed by atoms with Crippen LogP contribution in [0.5, 0.6) is 0 Å². The van der Waals surface area contributed by atoms with Crippen molar-refractivity contribution in [2.24, 2.45) is 0 Å². The standard InChI is InChI=1S/C12H19NS/c1-10(11-6-7-14-9-11)8-13-12-4-2-3-5-12/h6-7,9-10,12-13H,2-5,8H2,1H3. The largest absolute Gasteiger partial charge is 0.313 e. The molecule has 1 atom stereocenters. The molecular formula is C12H19NS. The summed E-state index contributed by atoms with van der Waals surface area (Å²) >= 11 is 1.80. The average molecular weight is 209 g/mol. The zero-order valence-electron chi connectivity index (χ0n) is 8.83. The molecule has 1 fully saturated rings. The van der Waals surface area contributed by atoms with Gasteiger partial charge in [-0.05, 0) is 41.1 Å². The van der Waals surface area contributed by atoms with E-state index in [-0.39, 0.29) is 0 Å². The summed E-state index contributed by atoms with van der Waals surface area (Å²) in [5.74, 6) is 0.668. The van der Waals surface area contributed by atoms with Gasteiger partial charge in [0, 0.05) is 12.6 Å². The summed E-state index contributed by atoms with van der Waals surface area (Å²) in [5.41, 5.74) is 1.49. The van der Waals surface area contributed by atoms with Crippen LogP contribution in [0, 0.1) is 0 Å². The Bertz CT molecular complexity index is 249. The van der Waals surface area contributed by atoms with Crippen molar-refractivity contribution < 1.29 is 0 Å². The maximum atomic E-state index is 3.67. The smallest absolute Gasteiger partial charge is 0.00673 e. The Kier molecular flexibility index (Phi) is 3.60. The molecule has 0 aromatic carbocycles. The molecule has 0 aliphatic heterocycles. The Morgan fingerprint density at radius 2 is 2.29 bits per heavy atom. The van der Waals surface area contributed by atoms with Gasteiger partial charge in [0.25, 0.3) is 0 Å². The van der Waals surface area contributed by atoms with Crippen molar-refractivity contribution in [3.05, 3.63) is 22.4 Å². The van der Waals surface area contributed by atoms with Crippen LogP contribution in [-0.2, 0) is 0 Å². The highest BCUT2D eigenvalue weighted by Gasteiger charge is 2.15. The molecule has 1 aliphatic rings. The highest BCUT2D eigenvalue weighted by Crippen LogP contribution is 2.20. The van der Waals surface area contributed by atoms with E-state index in [9.17, 15) is 0 Å². The number of hydrogen-bond acceptors (Lipinski definition) is 2. The van der Waals surface area contributed by atoms with Gasteiger partial charge >= 0.3 is 0 Å². The van der Waals surface area contributed by atoms with Crippen molar-refractivity contribution in [2.75, 3.05) is 6.54 Å². The Morgan fingerprint density at radius 3 is 2.93 bits per heavy atom. The third-order valence-electron chi connectivity index (χ3n) is 3.18. The van der Waals surface area contributed by atoms with Crippen LogP contribution in [0.25, 0.3) is 0 Å². The molecular weight excluding hydrogens is 190 g/mol. The van der Waals surface area contributed by atoms with E-state index < -0.39 is 0 Å². The monoisotopic (exact) mass is 209 g/mol. The maximum absolute atomic E-state index is 3.67. The van der Waals surface area contributed by atoms with Crippen LogP contribution in [0.4, 0.5) is 0 Å². The normalized spacial score (nSPS) is 20.1. The number of nitrogens with one attached hydrogen (secondary N) is 1. The molecule has 2 rings (SSSR count). The average Bonchev–Trinajstić information content (AvgIpc) is 2.87. The zero-order valence-corrected chi connectivity index (χ0v) is 9.65. The summed E-state index contributed by atoms with van der Waals surface area (Å²) in [6.07, 6.45) is 5.61. The molecule has 1 saturated carbocycles. The van der Waals surface area contributed by atoms with Crippen LogP contribution in [0.15, 0.2) is 16.8 Å². The van der Waals surface area contributed by atoms with E-state index in [2.05, 4.69) is 29.1 Å². The number of thiophene rings is 1. The molecule has 1 aromatic rings. The van der Waals surface area contributed by atoms with Crippen molar-refractivity contribution in [1.82, 2.24) is 5.32 Å². The summed E-state index contributed by atoms with van der Waals surface area (Å²) in [6.45, 7) is 3.45. The molecule has 2 heteroatoms. The Labute approximate surface area is 90.5 Å². The van der Waals surface area contributed by atoms with Gasteiger partial charge in [0.15, 0.2) is 0 Å². The van der Waals surface area contributed by atoms with Gasteiger partial charge in [-0.1, -0.05) is 19.8 Å². The molecule has 1 unspecified atom stereocenters. The molecule has 0 bridgehead atoms. The van der Waals surface area contributed by atoms with E-state index in [0.717, 1.165) is 12.6 Å². The van der Waals surface area contributed by atoms with Crippen LogP contribution < -0.4 is 5.32 Å². The van der Waals surface area contributed by atoms with Gasteiger partial charge in [-0.3, -0.25) is 0 Å². The fraction of sp³-hybridized carbons (Fsp3) is 0.667. The molecule has 0 saturated heterocycles. The molecule has 1 aromatic heterocycles. The first-order valence-electron chi connectivity index (χ1n) is 5.62. The molecule has 0 spiro atoms. The molecule has 1 nitrogen and oxygen atoms in total. The van der Waals surface area contributed by atoms with E-state index in [4.69, 9.17) is 0 Å². The minimum absolute atomic E-state index is 0.668. The van der Waals surface area contributed by atoms with Crippen LogP contribution in [0.3, 0.4) is 0 Å². The van der Waals surface area contributed by atoms with E-state index in [0.29, 0.717) is 5.92 Å². The van der Waals surface area contributed by atoms with E-state index in [1.54, 1.807) is 11.3 Å². The van der Waals surface area contributed by atoms with Crippen molar-refractivity contribution in [1.29, 1.82) is 0 Å². The fourth-order valence-electron chi connectivity index (χ4n) is 2.15. The molecule has 78 valence electrons. The quantitative estimate of drug-likeness (QED) is 0.801. The van der Waals surface area contributed by atoms with Gasteiger partial charge in [0.2, 0.25) is 0 Å². The third-order valence-corrected chi connectivity index (χ3v) is 3.88. The lowest BCUT2D eigenvalue weighted by Gasteiger charge is -2.15. The van der Waals surface area contributed by atoms with Crippen LogP contribution in [-0.4, -0.2) is 12.6 Å². The number of hydrogen-bond donors (Lipinski definition) is 1. The van der Waals surface area contributed by atoms with Gasteiger partial charge in [-0.15, -0.1) is 0 Å². The minimum Gasteiger partial charge on any atom is -0.313 e. The van der Waals surface area contributed by atoms with Crippen LogP contribution >= 0.6 is 11.3 Å². The Balaban J connectivity index is 1.74. The highest BCUT2D eigenvalue weighted by atomic mass is 32.1. The van der Waals surface area contributed by atoms with Crippen molar-refractivity contribution in [3.8, 4) is 0 Å². The predicted octanol–water partition coefficient (Wildman–Crippen LogP) is 3.38. The second-order valence-electron chi connectivity index (χ2n) is 4.35. The fourth-order valence-corrected chi connectivity index (χ4v) is 2.93. The van der Waals surface area contributed by atoms with E-state index >= 15 is 0 Å². The second-order valence-corrected chi connectivity index (χ2v) is 5.13. The first kappa shape index (κ1) is 10.2. The van der Waals surface area contributed by atoms with Gasteiger partial charge in [0.05, 0.1) is 0 Å². The van der Waals surface area contributed by atoms with Crippen molar-refractivity contribution in [3.63, 3.8) is 0 Å². The summed E-state index contributed by atoms with van der Waals surface area (Å²) in [6, 6.07) is 3.04. The molecule has 1 N–H and O–H groups in total. The summed E-state index contributed by atoms with van der Waals surface area (Å²) in [7, 11) is 0. The van der Waals surface area contributed by atoms with Crippen LogP contribution in [0.1, 0.15) is 44.1 Å². The van der Waals surface area contributed by atoms with E-state index in [1.807, 2.05) is 0 Å². The first-order valence-corrected chi connectivity index (χ1v) is 6.56. The predicted molar refractivity (Wildman–Crippen MR) is 63.0 cm³/mol.